The molecule has 1 aromatic rings. The van der Waals surface area contributed by atoms with Crippen molar-refractivity contribution >= 4 is 23.2 Å². The highest BCUT2D eigenvalue weighted by molar-refractivity contribution is 6.36. The van der Waals surface area contributed by atoms with E-state index in [-0.39, 0.29) is 18.3 Å². The summed E-state index contributed by atoms with van der Waals surface area (Å²) in [5, 5.41) is 20.4. The van der Waals surface area contributed by atoms with Gasteiger partial charge in [-0.3, -0.25) is 9.80 Å². The van der Waals surface area contributed by atoms with Crippen LogP contribution in [0, 0.1) is 11.8 Å². The molecule has 134 valence electrons. The number of hydrogen-bond donors (Lipinski definition) is 2. The molecule has 0 amide bonds. The Bertz CT molecular complexity index is 567. The molecule has 2 fully saturated rings. The minimum atomic E-state index is 0.0545. The van der Waals surface area contributed by atoms with Crippen molar-refractivity contribution in [1.29, 1.82) is 0 Å². The van der Waals surface area contributed by atoms with Crippen molar-refractivity contribution in [3.63, 3.8) is 0 Å². The average Bonchev–Trinajstić information content (AvgIpc) is 2.98. The highest BCUT2D eigenvalue weighted by atomic mass is 35.5. The van der Waals surface area contributed by atoms with E-state index in [4.69, 9.17) is 27.9 Å². The fourth-order valence-electron chi connectivity index (χ4n) is 3.65. The van der Waals surface area contributed by atoms with Gasteiger partial charge in [-0.05, 0) is 24.0 Å². The van der Waals surface area contributed by atoms with Gasteiger partial charge in [0.05, 0.1) is 18.2 Å². The molecule has 24 heavy (non-hydrogen) atoms. The highest BCUT2D eigenvalue weighted by Gasteiger charge is 2.34. The number of aromatic hydroxyl groups is 1. The van der Waals surface area contributed by atoms with Gasteiger partial charge in [0.15, 0.2) is 0 Å². The summed E-state index contributed by atoms with van der Waals surface area (Å²) in [6.45, 7) is 6.95. The third kappa shape index (κ3) is 4.15. The first-order chi connectivity index (χ1) is 11.6. The van der Waals surface area contributed by atoms with Crippen molar-refractivity contribution in [3.8, 4) is 5.75 Å². The van der Waals surface area contributed by atoms with Gasteiger partial charge in [0.1, 0.15) is 5.75 Å². The first-order valence-corrected chi connectivity index (χ1v) is 9.13. The summed E-state index contributed by atoms with van der Waals surface area (Å²) in [6, 6.07) is 3.18. The number of morpholine rings is 1. The zero-order valence-electron chi connectivity index (χ0n) is 13.6. The van der Waals surface area contributed by atoms with Crippen LogP contribution < -0.4 is 0 Å². The lowest BCUT2D eigenvalue weighted by molar-refractivity contribution is 0.0264. The van der Waals surface area contributed by atoms with Gasteiger partial charge >= 0.3 is 0 Å². The first-order valence-electron chi connectivity index (χ1n) is 8.37. The maximum absolute atomic E-state index is 9.80. The van der Waals surface area contributed by atoms with Crippen LogP contribution in [0.1, 0.15) is 5.56 Å². The summed E-state index contributed by atoms with van der Waals surface area (Å²) in [4.78, 5) is 4.67. The molecule has 0 aliphatic carbocycles. The standard InChI is InChI=1S/C17H24Cl2N2O3/c18-15-1-2-16(23)17(19)14(15)10-21-8-12(13(9-21)11-22)7-20-3-5-24-6-4-20/h1-2,12-13,22-23H,3-11H2/t12-,13-/m0/s1. The predicted molar refractivity (Wildman–Crippen MR) is 94.7 cm³/mol. The highest BCUT2D eigenvalue weighted by Crippen LogP contribution is 2.35. The normalized spacial score (nSPS) is 26.1. The lowest BCUT2D eigenvalue weighted by atomic mass is 9.96. The van der Waals surface area contributed by atoms with E-state index in [1.807, 2.05) is 0 Å². The van der Waals surface area contributed by atoms with Crippen LogP contribution in [0.15, 0.2) is 12.1 Å². The summed E-state index contributed by atoms with van der Waals surface area (Å²) in [5.74, 6) is 0.726. The van der Waals surface area contributed by atoms with Gasteiger partial charge in [0.25, 0.3) is 0 Å². The van der Waals surface area contributed by atoms with Crippen LogP contribution >= 0.6 is 23.2 Å². The smallest absolute Gasteiger partial charge is 0.134 e. The van der Waals surface area contributed by atoms with Crippen LogP contribution in [0.4, 0.5) is 0 Å². The van der Waals surface area contributed by atoms with E-state index in [1.165, 1.54) is 6.07 Å². The maximum Gasteiger partial charge on any atom is 0.134 e. The number of phenolic OH excluding ortho intramolecular Hbond substituents is 1. The molecule has 3 rings (SSSR count). The summed E-state index contributed by atoms with van der Waals surface area (Å²) >= 11 is 12.5. The van der Waals surface area contributed by atoms with E-state index >= 15 is 0 Å². The maximum atomic E-state index is 9.80. The Hall–Kier alpha value is -0.560. The van der Waals surface area contributed by atoms with Gasteiger partial charge in [-0.2, -0.15) is 0 Å². The van der Waals surface area contributed by atoms with Crippen molar-refractivity contribution in [2.24, 2.45) is 11.8 Å². The number of nitrogens with zero attached hydrogens (tertiary/aromatic N) is 2. The summed E-state index contributed by atoms with van der Waals surface area (Å²) < 4.78 is 5.40. The molecular formula is C17H24Cl2N2O3. The number of ether oxygens (including phenoxy) is 1. The predicted octanol–water partition coefficient (Wildman–Crippen LogP) is 2.07. The van der Waals surface area contributed by atoms with Crippen LogP contribution in [0.2, 0.25) is 10.0 Å². The van der Waals surface area contributed by atoms with Crippen LogP contribution in [-0.2, 0) is 11.3 Å². The number of likely N-dealkylation sites (tertiary alicyclic amines) is 1. The van der Waals surface area contributed by atoms with E-state index in [2.05, 4.69) is 9.80 Å². The summed E-state index contributed by atoms with van der Waals surface area (Å²) in [5.41, 5.74) is 0.752. The Morgan fingerprint density at radius 3 is 2.50 bits per heavy atom. The average molecular weight is 375 g/mol. The number of hydrogen-bond acceptors (Lipinski definition) is 5. The second kappa shape index (κ2) is 8.21. The molecule has 7 heteroatoms. The lowest BCUT2D eigenvalue weighted by Crippen LogP contribution is -2.41. The molecular weight excluding hydrogens is 351 g/mol. The molecule has 5 nitrogen and oxygen atoms in total. The third-order valence-corrected chi connectivity index (χ3v) is 5.81. The SMILES string of the molecule is OC[C@@H]1CN(Cc2c(Cl)ccc(O)c2Cl)C[C@@H]1CN1CCOCC1. The van der Waals surface area contributed by atoms with Gasteiger partial charge in [-0.1, -0.05) is 23.2 Å². The molecule has 2 atom stereocenters. The van der Waals surface area contributed by atoms with Crippen molar-refractivity contribution < 1.29 is 14.9 Å². The first kappa shape index (κ1) is 18.2. The van der Waals surface area contributed by atoms with Crippen LogP contribution in [0.5, 0.6) is 5.75 Å². The fraction of sp³-hybridized carbons (Fsp3) is 0.647. The van der Waals surface area contributed by atoms with E-state index in [0.29, 0.717) is 22.5 Å². The molecule has 2 saturated heterocycles. The summed E-state index contributed by atoms with van der Waals surface area (Å²) in [7, 11) is 0. The van der Waals surface area contributed by atoms with E-state index in [1.54, 1.807) is 6.07 Å². The molecule has 0 unspecified atom stereocenters. The van der Waals surface area contributed by atoms with Gasteiger partial charge in [0, 0.05) is 56.5 Å². The number of aliphatic hydroxyl groups is 1. The van der Waals surface area contributed by atoms with Crippen LogP contribution in [-0.4, -0.2) is 72.6 Å². The quantitative estimate of drug-likeness (QED) is 0.825. The number of rotatable bonds is 5. The van der Waals surface area contributed by atoms with Crippen molar-refractivity contribution in [1.82, 2.24) is 9.80 Å². The molecule has 2 aliphatic rings. The number of phenols is 1. The molecule has 2 N–H and O–H groups in total. The molecule has 0 radical (unpaired) electrons. The topological polar surface area (TPSA) is 56.2 Å². The van der Waals surface area contributed by atoms with Crippen molar-refractivity contribution in [3.05, 3.63) is 27.7 Å². The Labute approximate surface area is 152 Å². The third-order valence-electron chi connectivity index (χ3n) is 5.03. The second-order valence-corrected chi connectivity index (χ2v) is 7.45. The van der Waals surface area contributed by atoms with Gasteiger partial charge in [-0.25, -0.2) is 0 Å². The van der Waals surface area contributed by atoms with E-state index in [9.17, 15) is 10.2 Å². The summed E-state index contributed by atoms with van der Waals surface area (Å²) in [6.07, 6.45) is 0. The van der Waals surface area contributed by atoms with Gasteiger partial charge in [0.2, 0.25) is 0 Å². The molecule has 0 bridgehead atoms. The van der Waals surface area contributed by atoms with Crippen molar-refractivity contribution in [2.45, 2.75) is 6.54 Å². The monoisotopic (exact) mass is 374 g/mol. The molecule has 0 saturated carbocycles. The van der Waals surface area contributed by atoms with E-state index in [0.717, 1.165) is 51.5 Å². The molecule has 2 aliphatic heterocycles. The largest absolute Gasteiger partial charge is 0.506 e. The van der Waals surface area contributed by atoms with E-state index < -0.39 is 0 Å². The number of halogens is 2. The second-order valence-electron chi connectivity index (χ2n) is 6.67. The fourth-order valence-corrected chi connectivity index (χ4v) is 4.14. The number of aliphatic hydroxyl groups excluding tert-OH is 1. The molecule has 0 aromatic heterocycles. The Balaban J connectivity index is 1.64. The molecule has 0 spiro atoms. The Morgan fingerprint density at radius 1 is 1.08 bits per heavy atom. The Morgan fingerprint density at radius 2 is 1.79 bits per heavy atom. The van der Waals surface area contributed by atoms with Crippen LogP contribution in [0.3, 0.4) is 0 Å². The van der Waals surface area contributed by atoms with Crippen LogP contribution in [0.25, 0.3) is 0 Å². The van der Waals surface area contributed by atoms with Gasteiger partial charge < -0.3 is 14.9 Å². The molecule has 1 aromatic carbocycles. The zero-order chi connectivity index (χ0) is 17.1. The molecule has 2 heterocycles. The van der Waals surface area contributed by atoms with Crippen molar-refractivity contribution in [2.75, 3.05) is 52.5 Å². The van der Waals surface area contributed by atoms with Gasteiger partial charge in [-0.15, -0.1) is 0 Å². The Kier molecular flexibility index (Phi) is 6.24. The minimum absolute atomic E-state index is 0.0545. The number of benzene rings is 1. The lowest BCUT2D eigenvalue weighted by Gasteiger charge is -2.30. The minimum Gasteiger partial charge on any atom is -0.506 e. The zero-order valence-corrected chi connectivity index (χ0v) is 15.1.